The first-order valence-corrected chi connectivity index (χ1v) is 8.83. The second-order valence-electron chi connectivity index (χ2n) is 7.26. The third-order valence-electron chi connectivity index (χ3n) is 4.92. The van der Waals surface area contributed by atoms with E-state index in [-0.39, 0.29) is 30.5 Å². The van der Waals surface area contributed by atoms with Crippen molar-refractivity contribution in [3.05, 3.63) is 35.9 Å². The zero-order valence-corrected chi connectivity index (χ0v) is 14.5. The Hall–Kier alpha value is -1.31. The predicted molar refractivity (Wildman–Crippen MR) is 87.7 cm³/mol. The van der Waals surface area contributed by atoms with Crippen LogP contribution in [0.3, 0.4) is 0 Å². The molecule has 6 heteroatoms. The number of aldehydes is 1. The van der Waals surface area contributed by atoms with Gasteiger partial charge in [-0.05, 0) is 32.3 Å². The van der Waals surface area contributed by atoms with Crippen LogP contribution in [0.25, 0.3) is 0 Å². The van der Waals surface area contributed by atoms with Crippen molar-refractivity contribution in [1.82, 2.24) is 0 Å². The Bertz CT molecular complexity index is 603. The Morgan fingerprint density at radius 1 is 1.12 bits per heavy atom. The summed E-state index contributed by atoms with van der Waals surface area (Å²) < 4.78 is 30.0. The van der Waals surface area contributed by atoms with Gasteiger partial charge in [-0.3, -0.25) is 0 Å². The van der Waals surface area contributed by atoms with Gasteiger partial charge in [0, 0.05) is 0 Å². The topological polar surface area (TPSA) is 63.2 Å². The van der Waals surface area contributed by atoms with E-state index in [1.165, 1.54) is 0 Å². The Labute approximate surface area is 147 Å². The van der Waals surface area contributed by atoms with E-state index >= 15 is 0 Å². The molecule has 3 aliphatic heterocycles. The summed E-state index contributed by atoms with van der Waals surface area (Å²) in [4.78, 5) is 11.0. The summed E-state index contributed by atoms with van der Waals surface area (Å²) in [5.41, 5.74) is 1.08. The molecular weight excluding hydrogens is 324 g/mol. The molecule has 0 N–H and O–H groups in total. The van der Waals surface area contributed by atoms with Gasteiger partial charge in [0.25, 0.3) is 0 Å². The fraction of sp³-hybridized carbons (Fsp3) is 0.632. The second-order valence-corrected chi connectivity index (χ2v) is 7.26. The highest BCUT2D eigenvalue weighted by molar-refractivity contribution is 5.56. The SMILES string of the molecule is CC1(C)O[C@@H]2O[C@@H]([C@@H]3CC[C@@H](C=O)O3)[C@H](OCc3ccccc3)[C@H]2O1. The zero-order valence-electron chi connectivity index (χ0n) is 14.5. The van der Waals surface area contributed by atoms with Crippen molar-refractivity contribution in [1.29, 1.82) is 0 Å². The summed E-state index contributed by atoms with van der Waals surface area (Å²) in [5, 5.41) is 0. The lowest BCUT2D eigenvalue weighted by atomic mass is 10.0. The van der Waals surface area contributed by atoms with Crippen molar-refractivity contribution in [2.24, 2.45) is 0 Å². The van der Waals surface area contributed by atoms with Crippen molar-refractivity contribution in [2.75, 3.05) is 0 Å². The highest BCUT2D eigenvalue weighted by Crippen LogP contribution is 2.42. The zero-order chi connectivity index (χ0) is 17.4. The van der Waals surface area contributed by atoms with Gasteiger partial charge >= 0.3 is 0 Å². The van der Waals surface area contributed by atoms with Crippen molar-refractivity contribution in [3.8, 4) is 0 Å². The summed E-state index contributed by atoms with van der Waals surface area (Å²) in [6, 6.07) is 9.98. The van der Waals surface area contributed by atoms with E-state index in [2.05, 4.69) is 0 Å². The monoisotopic (exact) mass is 348 g/mol. The molecule has 6 nitrogen and oxygen atoms in total. The summed E-state index contributed by atoms with van der Waals surface area (Å²) in [7, 11) is 0. The number of fused-ring (bicyclic) bond motifs is 1. The Morgan fingerprint density at radius 3 is 2.64 bits per heavy atom. The molecule has 1 aromatic rings. The van der Waals surface area contributed by atoms with E-state index in [4.69, 9.17) is 23.7 Å². The summed E-state index contributed by atoms with van der Waals surface area (Å²) in [6.45, 7) is 4.20. The van der Waals surface area contributed by atoms with E-state index in [9.17, 15) is 4.79 Å². The molecule has 0 bridgehead atoms. The van der Waals surface area contributed by atoms with Gasteiger partial charge in [0.15, 0.2) is 12.1 Å². The first kappa shape index (κ1) is 17.1. The molecule has 0 amide bonds. The lowest BCUT2D eigenvalue weighted by Gasteiger charge is -2.29. The minimum absolute atomic E-state index is 0.183. The lowest BCUT2D eigenvalue weighted by molar-refractivity contribution is -0.232. The van der Waals surface area contributed by atoms with E-state index in [0.717, 1.165) is 18.3 Å². The lowest BCUT2D eigenvalue weighted by Crippen LogP contribution is -2.42. The van der Waals surface area contributed by atoms with Crippen LogP contribution < -0.4 is 0 Å². The smallest absolute Gasteiger partial charge is 0.190 e. The number of rotatable bonds is 5. The Morgan fingerprint density at radius 2 is 1.92 bits per heavy atom. The number of ether oxygens (including phenoxy) is 5. The van der Waals surface area contributed by atoms with E-state index in [1.54, 1.807) is 0 Å². The van der Waals surface area contributed by atoms with Gasteiger partial charge in [-0.15, -0.1) is 0 Å². The van der Waals surface area contributed by atoms with Crippen LogP contribution in [0, 0.1) is 0 Å². The maximum absolute atomic E-state index is 11.0. The number of hydrogen-bond donors (Lipinski definition) is 0. The molecule has 3 saturated heterocycles. The molecular formula is C19H24O6. The molecule has 136 valence electrons. The van der Waals surface area contributed by atoms with Crippen LogP contribution in [-0.4, -0.2) is 48.9 Å². The van der Waals surface area contributed by atoms with E-state index < -0.39 is 12.1 Å². The number of carbonyl (C=O) groups is 1. The molecule has 3 aliphatic rings. The molecule has 4 rings (SSSR count). The highest BCUT2D eigenvalue weighted by Gasteiger charge is 2.58. The summed E-state index contributed by atoms with van der Waals surface area (Å²) in [6.07, 6.45) is 0.402. The van der Waals surface area contributed by atoms with E-state index in [0.29, 0.717) is 13.0 Å². The Balaban J connectivity index is 1.49. The molecule has 0 unspecified atom stereocenters. The fourth-order valence-corrected chi connectivity index (χ4v) is 3.79. The largest absolute Gasteiger partial charge is 0.368 e. The first-order valence-electron chi connectivity index (χ1n) is 8.83. The first-order chi connectivity index (χ1) is 12.1. The van der Waals surface area contributed by atoms with Gasteiger partial charge in [0.2, 0.25) is 0 Å². The van der Waals surface area contributed by atoms with Gasteiger partial charge in [0.05, 0.1) is 12.7 Å². The molecule has 3 heterocycles. The van der Waals surface area contributed by atoms with Crippen molar-refractivity contribution < 1.29 is 28.5 Å². The van der Waals surface area contributed by atoms with Crippen LogP contribution in [0.5, 0.6) is 0 Å². The minimum Gasteiger partial charge on any atom is -0.368 e. The van der Waals surface area contributed by atoms with E-state index in [1.807, 2.05) is 44.2 Å². The predicted octanol–water partition coefficient (Wildman–Crippen LogP) is 2.19. The molecule has 0 aromatic heterocycles. The van der Waals surface area contributed by atoms with Gasteiger partial charge in [0.1, 0.15) is 30.7 Å². The third kappa shape index (κ3) is 3.50. The molecule has 6 atom stereocenters. The normalized spacial score (nSPS) is 39.4. The quantitative estimate of drug-likeness (QED) is 0.760. The average Bonchev–Trinajstić information content (AvgIpc) is 3.26. The second kappa shape index (κ2) is 6.78. The summed E-state index contributed by atoms with van der Waals surface area (Å²) >= 11 is 0. The molecule has 3 fully saturated rings. The molecule has 25 heavy (non-hydrogen) atoms. The third-order valence-corrected chi connectivity index (χ3v) is 4.92. The summed E-state index contributed by atoms with van der Waals surface area (Å²) in [5.74, 6) is -0.698. The number of benzene rings is 1. The molecule has 0 spiro atoms. The van der Waals surface area contributed by atoms with Gasteiger partial charge in [-0.2, -0.15) is 0 Å². The molecule has 0 saturated carbocycles. The van der Waals surface area contributed by atoms with Gasteiger partial charge in [-0.25, -0.2) is 0 Å². The fourth-order valence-electron chi connectivity index (χ4n) is 3.79. The van der Waals surface area contributed by atoms with Crippen LogP contribution in [0.1, 0.15) is 32.3 Å². The van der Waals surface area contributed by atoms with Crippen LogP contribution in [0.15, 0.2) is 30.3 Å². The Kier molecular flexibility index (Phi) is 4.64. The number of hydrogen-bond acceptors (Lipinski definition) is 6. The number of carbonyl (C=O) groups excluding carboxylic acids is 1. The van der Waals surface area contributed by atoms with Crippen molar-refractivity contribution in [2.45, 2.75) is 75.9 Å². The van der Waals surface area contributed by atoms with Gasteiger partial charge in [-0.1, -0.05) is 30.3 Å². The van der Waals surface area contributed by atoms with Crippen LogP contribution >= 0.6 is 0 Å². The van der Waals surface area contributed by atoms with Crippen LogP contribution in [0.2, 0.25) is 0 Å². The van der Waals surface area contributed by atoms with Crippen LogP contribution in [-0.2, 0) is 35.1 Å². The molecule has 1 aromatic carbocycles. The highest BCUT2D eigenvalue weighted by atomic mass is 16.8. The maximum atomic E-state index is 11.0. The average molecular weight is 348 g/mol. The molecule has 0 radical (unpaired) electrons. The maximum Gasteiger partial charge on any atom is 0.190 e. The van der Waals surface area contributed by atoms with Crippen LogP contribution in [0.4, 0.5) is 0 Å². The van der Waals surface area contributed by atoms with Gasteiger partial charge < -0.3 is 28.5 Å². The minimum atomic E-state index is -0.698. The standard InChI is InChI=1S/C19H24O6/c1-19(2)24-17-16(21-11-12-6-4-3-5-7-12)15(23-18(17)25-19)14-9-8-13(10-20)22-14/h3-7,10,13-18H,8-9,11H2,1-2H3/t13-,14-,15-,16-,17+,18-/m0/s1. The van der Waals surface area contributed by atoms with Crippen molar-refractivity contribution >= 4 is 6.29 Å². The molecule has 0 aliphatic carbocycles. The van der Waals surface area contributed by atoms with Crippen molar-refractivity contribution in [3.63, 3.8) is 0 Å².